The smallest absolute Gasteiger partial charge is 0.934 e. The summed E-state index contributed by atoms with van der Waals surface area (Å²) in [7, 11) is -2.60. The average Bonchev–Trinajstić information content (AvgIpc) is 2.15. The first kappa shape index (κ1) is 15.5. The minimum atomic E-state index is -2.60. The highest BCUT2D eigenvalue weighted by atomic mass is 19.2. The number of aromatic nitrogens is 1. The first-order valence-corrected chi connectivity index (χ1v) is 4.82. The molecule has 0 saturated carbocycles. The predicted molar refractivity (Wildman–Crippen MR) is 55.2 cm³/mol. The molecule has 0 radical (unpaired) electrons. The summed E-state index contributed by atoms with van der Waals surface area (Å²) in [6, 6.07) is 2.61. The summed E-state index contributed by atoms with van der Waals surface area (Å²) in [5.41, 5.74) is -0.335. The monoisotopic (exact) mass is 247 g/mol. The van der Waals surface area contributed by atoms with Gasteiger partial charge in [-0.2, -0.15) is 0 Å². The Morgan fingerprint density at radius 3 is 2.12 bits per heavy atom. The van der Waals surface area contributed by atoms with Crippen molar-refractivity contribution < 1.29 is 27.3 Å². The number of pyridine rings is 1. The lowest BCUT2D eigenvalue weighted by atomic mass is 10.1. The lowest BCUT2D eigenvalue weighted by Gasteiger charge is -2.19. The van der Waals surface area contributed by atoms with Crippen LogP contribution in [0.1, 0.15) is 31.1 Å². The molecule has 3 nitrogen and oxygen atoms in total. The van der Waals surface area contributed by atoms with E-state index in [2.05, 4.69) is 0 Å². The Bertz CT molecular complexity index is 376. The van der Waals surface area contributed by atoms with E-state index >= 15 is 0 Å². The second-order valence-electron chi connectivity index (χ2n) is 4.31. The number of ether oxygens (including phenoxy) is 1. The van der Waals surface area contributed by atoms with Crippen molar-refractivity contribution in [3.63, 3.8) is 0 Å². The molecular formula is C10H13BF3NO2. The van der Waals surface area contributed by atoms with Gasteiger partial charge in [-0.3, -0.25) is 0 Å². The van der Waals surface area contributed by atoms with Gasteiger partial charge in [-0.05, 0) is 20.8 Å². The molecule has 0 saturated heterocycles. The molecule has 0 aromatic carbocycles. The van der Waals surface area contributed by atoms with Crippen molar-refractivity contribution in [3.05, 3.63) is 30.1 Å². The number of carbonyl (C=O) groups is 1. The largest absolute Gasteiger partial charge is 1.00 e. The molecule has 0 fully saturated rings. The molecule has 0 spiro atoms. The molecule has 0 N–H and O–H groups in total. The number of carbonyl (C=O) groups excluding carboxylic acids is 1. The topological polar surface area (TPSA) is 30.2 Å². The van der Waals surface area contributed by atoms with Crippen LogP contribution in [0, 0.1) is 0 Å². The van der Waals surface area contributed by atoms with E-state index in [0.29, 0.717) is 4.48 Å². The Kier molecular flexibility index (Phi) is 5.19. The highest BCUT2D eigenvalue weighted by molar-refractivity contribution is 6.31. The summed E-state index contributed by atoms with van der Waals surface area (Å²) in [5.74, 6) is -0.520. The molecule has 1 heterocycles. The Hall–Kier alpha value is -1.53. The van der Waals surface area contributed by atoms with Crippen LogP contribution in [-0.4, -0.2) is 19.0 Å². The molecule has 0 aliphatic heterocycles. The molecule has 1 aromatic rings. The Labute approximate surface area is 98.0 Å². The third-order valence-electron chi connectivity index (χ3n) is 1.71. The lowest BCUT2D eigenvalue weighted by Crippen LogP contribution is -3.00. The summed E-state index contributed by atoms with van der Waals surface area (Å²) >= 11 is 0. The van der Waals surface area contributed by atoms with E-state index in [0.717, 1.165) is 12.4 Å². The van der Waals surface area contributed by atoms with E-state index < -0.39 is 19.0 Å². The van der Waals surface area contributed by atoms with E-state index in [-0.39, 0.29) is 10.3 Å². The van der Waals surface area contributed by atoms with Crippen LogP contribution in [0.2, 0.25) is 0 Å². The maximum Gasteiger partial charge on any atom is 0.934 e. The van der Waals surface area contributed by atoms with Crippen molar-refractivity contribution in [2.45, 2.75) is 26.4 Å². The van der Waals surface area contributed by atoms with Crippen molar-refractivity contribution in [1.82, 2.24) is 0 Å². The number of esters is 1. The number of hydrogen-bond donors (Lipinski definition) is 0. The molecule has 0 aliphatic carbocycles. The molecule has 1 rings (SSSR count). The van der Waals surface area contributed by atoms with Crippen molar-refractivity contribution >= 4 is 13.4 Å². The predicted octanol–water partition coefficient (Wildman–Crippen LogP) is -1.29. The van der Waals surface area contributed by atoms with Crippen LogP contribution >= 0.6 is 0 Å². The highest BCUT2D eigenvalue weighted by Gasteiger charge is 2.31. The van der Waals surface area contributed by atoms with Gasteiger partial charge in [0.15, 0.2) is 0 Å². The maximum absolute atomic E-state index is 12.2. The molecule has 0 bridgehead atoms. The summed E-state index contributed by atoms with van der Waals surface area (Å²) in [5, 5.41) is 0. The zero-order valence-electron chi connectivity index (χ0n) is 9.78. The average molecular weight is 247 g/mol. The third-order valence-corrected chi connectivity index (χ3v) is 1.71. The minimum Gasteiger partial charge on any atom is -1.00 e. The number of halogens is 3. The van der Waals surface area contributed by atoms with Crippen molar-refractivity contribution in [3.8, 4) is 0 Å². The maximum atomic E-state index is 12.2. The zero-order valence-corrected chi connectivity index (χ0v) is 9.78. The highest BCUT2D eigenvalue weighted by Crippen LogP contribution is 2.10. The van der Waals surface area contributed by atoms with Gasteiger partial charge in [0.2, 0.25) is 0 Å². The second-order valence-corrected chi connectivity index (χ2v) is 4.31. The number of nitrogens with zero attached hydrogens (tertiary/aromatic N) is 1. The van der Waals surface area contributed by atoms with Crippen LogP contribution in [0.5, 0.6) is 0 Å². The third kappa shape index (κ3) is 4.88. The fourth-order valence-corrected chi connectivity index (χ4v) is 1.04. The van der Waals surface area contributed by atoms with Gasteiger partial charge in [0.05, 0.1) is 5.56 Å². The van der Waals surface area contributed by atoms with Crippen molar-refractivity contribution in [2.24, 2.45) is 0 Å². The second kappa shape index (κ2) is 5.70. The molecule has 0 unspecified atom stereocenters. The van der Waals surface area contributed by atoms with Gasteiger partial charge in [0, 0.05) is 12.1 Å². The zero-order chi connectivity index (χ0) is 12.3. The van der Waals surface area contributed by atoms with E-state index in [9.17, 15) is 13.4 Å². The van der Waals surface area contributed by atoms with Crippen LogP contribution in [0.3, 0.4) is 0 Å². The van der Waals surface area contributed by atoms with Gasteiger partial charge in [0.1, 0.15) is 18.0 Å². The first-order valence-electron chi connectivity index (χ1n) is 4.82. The Morgan fingerprint density at radius 2 is 1.76 bits per heavy atom. The van der Waals surface area contributed by atoms with Gasteiger partial charge in [-0.15, -0.1) is 0 Å². The fraction of sp³-hybridized carbons (Fsp3) is 0.400. The summed E-state index contributed by atoms with van der Waals surface area (Å²) in [6.07, 6.45) is 2.29. The number of hydrogen-bond acceptors (Lipinski definition) is 2. The minimum absolute atomic E-state index is 0. The van der Waals surface area contributed by atoms with Gasteiger partial charge in [-0.25, -0.2) is 17.9 Å². The fourth-order valence-electron chi connectivity index (χ4n) is 1.04. The Balaban J connectivity index is 0.00000256. The molecule has 7 heteroatoms. The van der Waals surface area contributed by atoms with Gasteiger partial charge >= 0.3 is 13.4 Å². The molecular weight excluding hydrogens is 234 g/mol. The molecule has 0 atom stereocenters. The standard InChI is InChI=1S/C10H13BF2NO2.FH/c1-10(2,3)16-9(15)8-4-6-14(7-5-8)11(12)13;/h4-7H,1-3H3;1H/q+1;/p-1. The van der Waals surface area contributed by atoms with Crippen molar-refractivity contribution in [1.29, 1.82) is 0 Å². The number of rotatable bonds is 2. The first-order chi connectivity index (χ1) is 7.29. The van der Waals surface area contributed by atoms with Gasteiger partial charge in [-0.1, -0.05) is 0 Å². The van der Waals surface area contributed by atoms with Crippen molar-refractivity contribution in [2.75, 3.05) is 0 Å². The van der Waals surface area contributed by atoms with Crippen LogP contribution in [0.25, 0.3) is 0 Å². The van der Waals surface area contributed by atoms with E-state index in [1.54, 1.807) is 20.8 Å². The van der Waals surface area contributed by atoms with Crippen LogP contribution in [-0.2, 0) is 4.74 Å². The molecule has 1 aromatic heterocycles. The van der Waals surface area contributed by atoms with Crippen LogP contribution < -0.4 is 9.18 Å². The SMILES string of the molecule is CC(C)(C)OC(=O)c1cc[n+](B(F)F)cc1.[F-]. The molecule has 0 amide bonds. The van der Waals surface area contributed by atoms with Crippen LogP contribution in [0.15, 0.2) is 24.5 Å². The van der Waals surface area contributed by atoms with Crippen LogP contribution in [0.4, 0.5) is 8.63 Å². The van der Waals surface area contributed by atoms with Gasteiger partial charge in [0.25, 0.3) is 0 Å². The van der Waals surface area contributed by atoms with E-state index in [4.69, 9.17) is 4.74 Å². The molecule has 94 valence electrons. The lowest BCUT2D eigenvalue weighted by molar-refractivity contribution is -0.554. The normalized spacial score (nSPS) is 10.4. The quantitative estimate of drug-likeness (QED) is 0.480. The Morgan fingerprint density at radius 1 is 1.29 bits per heavy atom. The van der Waals surface area contributed by atoms with Gasteiger partial charge < -0.3 is 9.44 Å². The molecule has 17 heavy (non-hydrogen) atoms. The van der Waals surface area contributed by atoms with E-state index in [1.165, 1.54) is 12.1 Å². The molecule has 0 aliphatic rings. The summed E-state index contributed by atoms with van der Waals surface area (Å²) in [4.78, 5) is 11.5. The van der Waals surface area contributed by atoms with E-state index in [1.807, 2.05) is 0 Å². The summed E-state index contributed by atoms with van der Waals surface area (Å²) in [6.45, 7) is 5.23. The summed E-state index contributed by atoms with van der Waals surface area (Å²) < 4.78 is 30.2.